The van der Waals surface area contributed by atoms with Gasteiger partial charge in [-0.2, -0.15) is 0 Å². The molecule has 0 spiro atoms. The smallest absolute Gasteiger partial charge is 0.311 e. The fourth-order valence-corrected chi connectivity index (χ4v) is 1.09. The van der Waals surface area contributed by atoms with Crippen LogP contribution in [0.5, 0.6) is 0 Å². The minimum atomic E-state index is -0.469. The van der Waals surface area contributed by atoms with E-state index in [1.54, 1.807) is 21.0 Å². The molecule has 0 N–H and O–H groups in total. The molecule has 22 heavy (non-hydrogen) atoms. The maximum atomic E-state index is 11.1. The van der Waals surface area contributed by atoms with Crippen molar-refractivity contribution in [2.24, 2.45) is 5.41 Å². The van der Waals surface area contributed by atoms with E-state index in [0.29, 0.717) is 25.7 Å². The molecular formula is C16H30O6. The molecule has 6 nitrogen and oxygen atoms in total. The summed E-state index contributed by atoms with van der Waals surface area (Å²) >= 11 is 0. The fraction of sp³-hybridized carbons (Fsp3) is 0.812. The largest absolute Gasteiger partial charge is 0.463 e. The summed E-state index contributed by atoms with van der Waals surface area (Å²) in [5, 5.41) is 0. The summed E-state index contributed by atoms with van der Waals surface area (Å²) in [7, 11) is 1.58. The standard InChI is InChI=1S/C8H14O3.C5H8O3.C3H8/c1-4-8(2,3)7(10)11-6-5-9;1-7-4-2-5(6)8-3-4;1-3-2/h5H,4,6H2,1-3H3;4H,2-3H2,1H3;3H2,1-2H3. The van der Waals surface area contributed by atoms with E-state index in [4.69, 9.17) is 4.74 Å². The Labute approximate surface area is 133 Å². The Hall–Kier alpha value is -1.43. The van der Waals surface area contributed by atoms with Gasteiger partial charge in [-0.05, 0) is 20.3 Å². The van der Waals surface area contributed by atoms with Crippen LogP contribution in [0.4, 0.5) is 0 Å². The van der Waals surface area contributed by atoms with Crippen LogP contribution in [0.1, 0.15) is 53.9 Å². The maximum Gasteiger partial charge on any atom is 0.311 e. The van der Waals surface area contributed by atoms with E-state index in [2.05, 4.69) is 23.3 Å². The molecule has 1 unspecified atom stereocenters. The lowest BCUT2D eigenvalue weighted by atomic mass is 9.91. The van der Waals surface area contributed by atoms with Crippen molar-refractivity contribution in [2.75, 3.05) is 20.3 Å². The molecule has 1 atom stereocenters. The van der Waals surface area contributed by atoms with Gasteiger partial charge in [0.2, 0.25) is 0 Å². The van der Waals surface area contributed by atoms with E-state index in [1.165, 1.54) is 6.42 Å². The minimum Gasteiger partial charge on any atom is -0.463 e. The topological polar surface area (TPSA) is 78.9 Å². The first kappa shape index (κ1) is 22.8. The summed E-state index contributed by atoms with van der Waals surface area (Å²) in [5.74, 6) is -0.469. The van der Waals surface area contributed by atoms with E-state index in [9.17, 15) is 14.4 Å². The van der Waals surface area contributed by atoms with E-state index in [0.717, 1.165) is 0 Å². The normalized spacial score (nSPS) is 16.5. The Balaban J connectivity index is 0. The van der Waals surface area contributed by atoms with Crippen molar-refractivity contribution < 1.29 is 28.6 Å². The summed E-state index contributed by atoms with van der Waals surface area (Å²) < 4.78 is 14.1. The second kappa shape index (κ2) is 13.2. The first-order valence-electron chi connectivity index (χ1n) is 7.58. The lowest BCUT2D eigenvalue weighted by Gasteiger charge is -2.18. The van der Waals surface area contributed by atoms with Gasteiger partial charge in [0.25, 0.3) is 0 Å². The van der Waals surface area contributed by atoms with Crippen LogP contribution in [-0.2, 0) is 28.6 Å². The van der Waals surface area contributed by atoms with Crippen LogP contribution in [0.3, 0.4) is 0 Å². The monoisotopic (exact) mass is 318 g/mol. The van der Waals surface area contributed by atoms with Gasteiger partial charge in [-0.15, -0.1) is 0 Å². The van der Waals surface area contributed by atoms with E-state index in [1.807, 2.05) is 6.92 Å². The molecule has 0 amide bonds. The zero-order chi connectivity index (χ0) is 17.6. The SMILES string of the molecule is CCC.CCC(C)(C)C(=O)OCC=O.COC1COC(=O)C1. The Morgan fingerprint density at radius 1 is 1.36 bits per heavy atom. The van der Waals surface area contributed by atoms with Gasteiger partial charge in [-0.25, -0.2) is 0 Å². The number of hydrogen-bond acceptors (Lipinski definition) is 6. The molecule has 1 heterocycles. The Kier molecular flexibility index (Phi) is 13.8. The highest BCUT2D eigenvalue weighted by atomic mass is 16.6. The molecule has 1 saturated heterocycles. The second-order valence-electron chi connectivity index (χ2n) is 5.45. The van der Waals surface area contributed by atoms with Crippen molar-refractivity contribution in [1.29, 1.82) is 0 Å². The van der Waals surface area contributed by atoms with Crippen LogP contribution in [0, 0.1) is 5.41 Å². The van der Waals surface area contributed by atoms with Crippen molar-refractivity contribution in [2.45, 2.75) is 60.0 Å². The molecule has 0 aromatic heterocycles. The molecule has 0 aromatic rings. The van der Waals surface area contributed by atoms with Crippen LogP contribution < -0.4 is 0 Å². The zero-order valence-electron chi connectivity index (χ0n) is 14.6. The lowest BCUT2D eigenvalue weighted by molar-refractivity contribution is -0.155. The predicted molar refractivity (Wildman–Crippen MR) is 83.4 cm³/mol. The van der Waals surface area contributed by atoms with Gasteiger partial charge in [-0.1, -0.05) is 27.2 Å². The molecule has 1 fully saturated rings. The summed E-state index contributed by atoms with van der Waals surface area (Å²) in [6.07, 6.45) is 2.95. The highest BCUT2D eigenvalue weighted by Crippen LogP contribution is 2.20. The van der Waals surface area contributed by atoms with Crippen LogP contribution in [-0.4, -0.2) is 44.7 Å². The number of aldehydes is 1. The van der Waals surface area contributed by atoms with Gasteiger partial charge in [0.05, 0.1) is 11.8 Å². The third kappa shape index (κ3) is 11.3. The number of cyclic esters (lactones) is 1. The highest BCUT2D eigenvalue weighted by Gasteiger charge is 2.26. The number of carbonyl (C=O) groups excluding carboxylic acids is 3. The van der Waals surface area contributed by atoms with Gasteiger partial charge in [0.1, 0.15) is 19.3 Å². The summed E-state index contributed by atoms with van der Waals surface area (Å²) in [6.45, 7) is 10.0. The molecular weight excluding hydrogens is 288 g/mol. The maximum absolute atomic E-state index is 11.1. The van der Waals surface area contributed by atoms with Crippen LogP contribution >= 0.6 is 0 Å². The van der Waals surface area contributed by atoms with Crippen LogP contribution in [0.15, 0.2) is 0 Å². The van der Waals surface area contributed by atoms with Crippen LogP contribution in [0.25, 0.3) is 0 Å². The van der Waals surface area contributed by atoms with Crippen LogP contribution in [0.2, 0.25) is 0 Å². The summed E-state index contributed by atoms with van der Waals surface area (Å²) in [5.41, 5.74) is -0.469. The number of hydrogen-bond donors (Lipinski definition) is 0. The second-order valence-corrected chi connectivity index (χ2v) is 5.45. The Morgan fingerprint density at radius 2 is 1.91 bits per heavy atom. The quantitative estimate of drug-likeness (QED) is 0.572. The van der Waals surface area contributed by atoms with Gasteiger partial charge < -0.3 is 14.2 Å². The minimum absolute atomic E-state index is 0.00231. The molecule has 0 bridgehead atoms. The highest BCUT2D eigenvalue weighted by molar-refractivity contribution is 5.77. The molecule has 130 valence electrons. The molecule has 0 radical (unpaired) electrons. The molecule has 1 aliphatic rings. The molecule has 0 aliphatic carbocycles. The van der Waals surface area contributed by atoms with Gasteiger partial charge >= 0.3 is 11.9 Å². The predicted octanol–water partition coefficient (Wildman–Crippen LogP) is 2.53. The Bertz CT molecular complexity index is 325. The van der Waals surface area contributed by atoms with E-state index < -0.39 is 5.41 Å². The first-order chi connectivity index (χ1) is 10.3. The van der Waals surface area contributed by atoms with E-state index >= 15 is 0 Å². The number of methoxy groups -OCH3 is 1. The third-order valence-corrected chi connectivity index (χ3v) is 2.88. The van der Waals surface area contributed by atoms with Crippen molar-refractivity contribution in [1.82, 2.24) is 0 Å². The molecule has 1 rings (SSSR count). The van der Waals surface area contributed by atoms with E-state index in [-0.39, 0.29) is 24.6 Å². The number of rotatable bonds is 5. The average molecular weight is 318 g/mol. The molecule has 1 aliphatic heterocycles. The summed E-state index contributed by atoms with van der Waals surface area (Å²) in [6, 6.07) is 0. The first-order valence-corrected chi connectivity index (χ1v) is 7.58. The third-order valence-electron chi connectivity index (χ3n) is 2.88. The number of esters is 2. The number of ether oxygens (including phenoxy) is 3. The molecule has 0 saturated carbocycles. The van der Waals surface area contributed by atoms with Gasteiger partial charge in [0, 0.05) is 7.11 Å². The fourth-order valence-electron chi connectivity index (χ4n) is 1.09. The van der Waals surface area contributed by atoms with Gasteiger partial charge in [-0.3, -0.25) is 14.4 Å². The lowest BCUT2D eigenvalue weighted by Crippen LogP contribution is -2.26. The average Bonchev–Trinajstić information content (AvgIpc) is 2.92. The summed E-state index contributed by atoms with van der Waals surface area (Å²) in [4.78, 5) is 31.2. The van der Waals surface area contributed by atoms with Crippen molar-refractivity contribution in [3.8, 4) is 0 Å². The zero-order valence-corrected chi connectivity index (χ0v) is 14.6. The van der Waals surface area contributed by atoms with Crippen molar-refractivity contribution in [3.05, 3.63) is 0 Å². The van der Waals surface area contributed by atoms with Crippen molar-refractivity contribution in [3.63, 3.8) is 0 Å². The molecule has 6 heteroatoms. The molecule has 0 aromatic carbocycles. The Morgan fingerprint density at radius 3 is 2.18 bits per heavy atom. The van der Waals surface area contributed by atoms with Gasteiger partial charge in [0.15, 0.2) is 6.29 Å². The number of carbonyl (C=O) groups is 3. The van der Waals surface area contributed by atoms with Crippen molar-refractivity contribution >= 4 is 18.2 Å².